The van der Waals surface area contributed by atoms with Crippen molar-refractivity contribution in [3.05, 3.63) is 59.7 Å². The molecule has 2 rings (SSSR count). The van der Waals surface area contributed by atoms with Gasteiger partial charge in [-0.05, 0) is 43.5 Å². The quantitative estimate of drug-likeness (QED) is 0.411. The van der Waals surface area contributed by atoms with E-state index in [-0.39, 0.29) is 0 Å². The average molecular weight is 355 g/mol. The highest BCUT2D eigenvalue weighted by atomic mass is 16.5. The molecule has 2 aromatic rings. The third kappa shape index (κ3) is 6.31. The van der Waals surface area contributed by atoms with E-state index in [2.05, 4.69) is 34.7 Å². The summed E-state index contributed by atoms with van der Waals surface area (Å²) in [6, 6.07) is 16.2. The van der Waals surface area contributed by atoms with E-state index < -0.39 is 0 Å². The first-order valence-corrected chi connectivity index (χ1v) is 9.03. The smallest absolute Gasteiger partial charge is 0.191 e. The van der Waals surface area contributed by atoms with Crippen LogP contribution in [0.15, 0.2) is 53.5 Å². The molecule has 0 aliphatic carbocycles. The zero-order valence-electron chi connectivity index (χ0n) is 15.9. The van der Waals surface area contributed by atoms with Gasteiger partial charge in [-0.25, -0.2) is 4.99 Å². The van der Waals surface area contributed by atoms with E-state index in [1.807, 2.05) is 36.4 Å². The minimum absolute atomic E-state index is 0.579. The molecule has 0 atom stereocenters. The van der Waals surface area contributed by atoms with Crippen LogP contribution in [0.25, 0.3) is 0 Å². The van der Waals surface area contributed by atoms with Gasteiger partial charge in [-0.1, -0.05) is 30.3 Å². The molecule has 0 spiro atoms. The maximum atomic E-state index is 5.38. The second-order valence-electron chi connectivity index (χ2n) is 5.89. The predicted molar refractivity (Wildman–Crippen MR) is 107 cm³/mol. The van der Waals surface area contributed by atoms with Gasteiger partial charge in [0.25, 0.3) is 0 Å². The molecule has 5 heteroatoms. The van der Waals surface area contributed by atoms with Crippen LogP contribution in [0.3, 0.4) is 0 Å². The van der Waals surface area contributed by atoms with Crippen LogP contribution in [-0.4, -0.2) is 33.3 Å². The molecule has 0 saturated heterocycles. The molecule has 5 nitrogen and oxygen atoms in total. The molecule has 0 fully saturated rings. The topological polar surface area (TPSA) is 54.9 Å². The van der Waals surface area contributed by atoms with Crippen LogP contribution in [0.5, 0.6) is 11.5 Å². The zero-order valence-corrected chi connectivity index (χ0v) is 15.9. The van der Waals surface area contributed by atoms with Gasteiger partial charge in [0, 0.05) is 18.7 Å². The Hall–Kier alpha value is -2.69. The molecule has 0 unspecified atom stereocenters. The summed E-state index contributed by atoms with van der Waals surface area (Å²) >= 11 is 0. The fraction of sp³-hybridized carbons (Fsp3) is 0.381. The van der Waals surface area contributed by atoms with E-state index >= 15 is 0 Å². The van der Waals surface area contributed by atoms with Crippen LogP contribution < -0.4 is 20.1 Å². The van der Waals surface area contributed by atoms with Gasteiger partial charge < -0.3 is 20.1 Å². The second kappa shape index (κ2) is 11.0. The number of benzene rings is 2. The normalized spacial score (nSPS) is 11.1. The van der Waals surface area contributed by atoms with Crippen molar-refractivity contribution >= 4 is 5.96 Å². The van der Waals surface area contributed by atoms with E-state index in [0.29, 0.717) is 6.54 Å². The van der Waals surface area contributed by atoms with E-state index in [1.54, 1.807) is 14.2 Å². The molecule has 2 N–H and O–H groups in total. The highest BCUT2D eigenvalue weighted by molar-refractivity contribution is 5.79. The van der Waals surface area contributed by atoms with Crippen LogP contribution in [0.4, 0.5) is 0 Å². The second-order valence-corrected chi connectivity index (χ2v) is 5.89. The summed E-state index contributed by atoms with van der Waals surface area (Å²) in [5.74, 6) is 2.59. The standard InChI is InChI=1S/C21H29N3O2/c1-4-22-21(24-16-18-11-5-6-13-20(18)26-3)23-14-8-10-17-9-7-12-19(15-17)25-2/h5-7,9,11-13,15H,4,8,10,14,16H2,1-3H3,(H2,22,23,24). The lowest BCUT2D eigenvalue weighted by Crippen LogP contribution is -2.37. The van der Waals surface area contributed by atoms with Crippen LogP contribution >= 0.6 is 0 Å². The molecule has 0 aliphatic rings. The Bertz CT molecular complexity index is 701. The van der Waals surface area contributed by atoms with E-state index in [9.17, 15) is 0 Å². The molecule has 26 heavy (non-hydrogen) atoms. The Balaban J connectivity index is 1.85. The van der Waals surface area contributed by atoms with E-state index in [1.165, 1.54) is 5.56 Å². The fourth-order valence-corrected chi connectivity index (χ4v) is 2.67. The number of aryl methyl sites for hydroxylation is 1. The van der Waals surface area contributed by atoms with Crippen molar-refractivity contribution in [1.29, 1.82) is 0 Å². The number of hydrogen-bond acceptors (Lipinski definition) is 3. The Morgan fingerprint density at radius 3 is 2.62 bits per heavy atom. The molecule has 140 valence electrons. The Morgan fingerprint density at radius 2 is 1.85 bits per heavy atom. The summed E-state index contributed by atoms with van der Waals surface area (Å²) < 4.78 is 10.7. The molecule has 0 radical (unpaired) electrons. The van der Waals surface area contributed by atoms with Gasteiger partial charge in [0.1, 0.15) is 11.5 Å². The summed E-state index contributed by atoms with van der Waals surface area (Å²) in [7, 11) is 3.38. The van der Waals surface area contributed by atoms with Crippen molar-refractivity contribution in [3.8, 4) is 11.5 Å². The van der Waals surface area contributed by atoms with Crippen LogP contribution in [-0.2, 0) is 13.0 Å². The van der Waals surface area contributed by atoms with Crippen molar-refractivity contribution in [2.24, 2.45) is 4.99 Å². The third-order valence-electron chi connectivity index (χ3n) is 4.01. The Kier molecular flexibility index (Phi) is 8.33. The van der Waals surface area contributed by atoms with Crippen LogP contribution in [0.1, 0.15) is 24.5 Å². The number of rotatable bonds is 9. The molecule has 0 amide bonds. The lowest BCUT2D eigenvalue weighted by Gasteiger charge is -2.12. The lowest BCUT2D eigenvalue weighted by atomic mass is 10.1. The molecule has 0 saturated carbocycles. The zero-order chi connectivity index (χ0) is 18.6. The largest absolute Gasteiger partial charge is 0.497 e. The first kappa shape index (κ1) is 19.6. The monoisotopic (exact) mass is 355 g/mol. The number of para-hydroxylation sites is 1. The average Bonchev–Trinajstić information content (AvgIpc) is 2.69. The summed E-state index contributed by atoms with van der Waals surface area (Å²) in [5, 5.41) is 6.68. The van der Waals surface area contributed by atoms with Gasteiger partial charge in [0.05, 0.1) is 20.8 Å². The number of ether oxygens (including phenoxy) is 2. The number of methoxy groups -OCH3 is 2. The van der Waals surface area contributed by atoms with Crippen molar-refractivity contribution in [2.75, 3.05) is 27.3 Å². The van der Waals surface area contributed by atoms with Crippen LogP contribution in [0, 0.1) is 0 Å². The van der Waals surface area contributed by atoms with Gasteiger partial charge in [-0.3, -0.25) is 0 Å². The Labute approximate surface area is 156 Å². The number of aliphatic imine (C=N–C) groups is 1. The highest BCUT2D eigenvalue weighted by Gasteiger charge is 2.02. The van der Waals surface area contributed by atoms with E-state index in [4.69, 9.17) is 9.47 Å². The van der Waals surface area contributed by atoms with Gasteiger partial charge in [0.2, 0.25) is 0 Å². The molecule has 0 bridgehead atoms. The van der Waals surface area contributed by atoms with Gasteiger partial charge >= 0.3 is 0 Å². The van der Waals surface area contributed by atoms with Crippen molar-refractivity contribution in [2.45, 2.75) is 26.3 Å². The Morgan fingerprint density at radius 1 is 1.00 bits per heavy atom. The minimum Gasteiger partial charge on any atom is -0.497 e. The summed E-state index contributed by atoms with van der Waals surface area (Å²) in [6.07, 6.45) is 2.02. The number of nitrogens with one attached hydrogen (secondary N) is 2. The maximum absolute atomic E-state index is 5.38. The number of hydrogen-bond donors (Lipinski definition) is 2. The van der Waals surface area contributed by atoms with Crippen molar-refractivity contribution in [1.82, 2.24) is 10.6 Å². The predicted octanol–water partition coefficient (Wildman–Crippen LogP) is 3.39. The molecule has 0 aromatic heterocycles. The van der Waals surface area contributed by atoms with Gasteiger partial charge in [-0.2, -0.15) is 0 Å². The van der Waals surface area contributed by atoms with E-state index in [0.717, 1.165) is 49.0 Å². The molecular weight excluding hydrogens is 326 g/mol. The lowest BCUT2D eigenvalue weighted by molar-refractivity contribution is 0.410. The van der Waals surface area contributed by atoms with Crippen LogP contribution in [0.2, 0.25) is 0 Å². The molecule has 0 aliphatic heterocycles. The summed E-state index contributed by atoms with van der Waals surface area (Å²) in [6.45, 7) is 4.33. The number of nitrogens with zero attached hydrogens (tertiary/aromatic N) is 1. The minimum atomic E-state index is 0.579. The first-order valence-electron chi connectivity index (χ1n) is 9.03. The first-order chi connectivity index (χ1) is 12.8. The maximum Gasteiger partial charge on any atom is 0.191 e. The molecule has 2 aromatic carbocycles. The molecule has 0 heterocycles. The van der Waals surface area contributed by atoms with Gasteiger partial charge in [0.15, 0.2) is 5.96 Å². The number of guanidine groups is 1. The summed E-state index contributed by atoms with van der Waals surface area (Å²) in [5.41, 5.74) is 2.35. The van der Waals surface area contributed by atoms with Gasteiger partial charge in [-0.15, -0.1) is 0 Å². The fourth-order valence-electron chi connectivity index (χ4n) is 2.67. The highest BCUT2D eigenvalue weighted by Crippen LogP contribution is 2.18. The SMILES string of the molecule is CCNC(=NCc1ccccc1OC)NCCCc1cccc(OC)c1. The third-order valence-corrected chi connectivity index (χ3v) is 4.01. The van der Waals surface area contributed by atoms with Crippen molar-refractivity contribution < 1.29 is 9.47 Å². The molecular formula is C21H29N3O2. The summed E-state index contributed by atoms with van der Waals surface area (Å²) in [4.78, 5) is 4.66. The van der Waals surface area contributed by atoms with Crippen molar-refractivity contribution in [3.63, 3.8) is 0 Å².